The van der Waals surface area contributed by atoms with Crippen LogP contribution in [0.3, 0.4) is 0 Å². The molecule has 2 saturated heterocycles. The van der Waals surface area contributed by atoms with Crippen molar-refractivity contribution in [1.29, 1.82) is 0 Å². The number of ether oxygens (including phenoxy) is 3. The monoisotopic (exact) mass is 229 g/mol. The van der Waals surface area contributed by atoms with Gasteiger partial charge >= 0.3 is 0 Å². The minimum absolute atomic E-state index is 0.318. The third-order valence-electron chi connectivity index (χ3n) is 3.21. The van der Waals surface area contributed by atoms with Gasteiger partial charge in [0.15, 0.2) is 0 Å². The minimum Gasteiger partial charge on any atom is -0.381 e. The van der Waals surface area contributed by atoms with Gasteiger partial charge in [-0.1, -0.05) is 0 Å². The van der Waals surface area contributed by atoms with Crippen LogP contribution in [0, 0.1) is 0 Å². The second-order valence-corrected chi connectivity index (χ2v) is 4.77. The molecule has 94 valence electrons. The van der Waals surface area contributed by atoms with Crippen LogP contribution < -0.4 is 5.32 Å². The molecule has 0 aromatic rings. The highest BCUT2D eigenvalue weighted by molar-refractivity contribution is 4.74. The molecule has 2 fully saturated rings. The Balaban J connectivity index is 1.57. The van der Waals surface area contributed by atoms with E-state index in [9.17, 15) is 0 Å². The first-order valence-corrected chi connectivity index (χ1v) is 6.38. The van der Waals surface area contributed by atoms with Crippen LogP contribution in [0.15, 0.2) is 0 Å². The van der Waals surface area contributed by atoms with Crippen molar-refractivity contribution in [2.75, 3.05) is 33.0 Å². The second kappa shape index (κ2) is 6.55. The van der Waals surface area contributed by atoms with Crippen LogP contribution in [0.4, 0.5) is 0 Å². The van der Waals surface area contributed by atoms with Gasteiger partial charge in [0.1, 0.15) is 0 Å². The van der Waals surface area contributed by atoms with Crippen LogP contribution in [0.1, 0.15) is 26.2 Å². The average molecular weight is 229 g/mol. The molecule has 2 aliphatic rings. The molecule has 2 heterocycles. The molecule has 4 nitrogen and oxygen atoms in total. The molecule has 2 atom stereocenters. The lowest BCUT2D eigenvalue weighted by atomic mass is 10.1. The van der Waals surface area contributed by atoms with E-state index >= 15 is 0 Å². The van der Waals surface area contributed by atoms with Crippen molar-refractivity contribution in [2.24, 2.45) is 0 Å². The van der Waals surface area contributed by atoms with Gasteiger partial charge in [0, 0.05) is 31.9 Å². The highest BCUT2D eigenvalue weighted by Gasteiger charge is 2.19. The highest BCUT2D eigenvalue weighted by Crippen LogP contribution is 2.10. The normalized spacial score (nSPS) is 29.4. The van der Waals surface area contributed by atoms with Gasteiger partial charge in [-0.25, -0.2) is 0 Å². The summed E-state index contributed by atoms with van der Waals surface area (Å²) in [5, 5.41) is 3.60. The summed E-state index contributed by atoms with van der Waals surface area (Å²) >= 11 is 0. The van der Waals surface area contributed by atoms with E-state index in [1.807, 2.05) is 0 Å². The standard InChI is InChI=1S/C12H23NO3/c1-10(8-16-12-4-7-15-9-12)13-11-2-5-14-6-3-11/h10-13H,2-9H2,1H3. The molecule has 4 heteroatoms. The number of hydrogen-bond donors (Lipinski definition) is 1. The Hall–Kier alpha value is -0.160. The molecule has 0 aromatic carbocycles. The van der Waals surface area contributed by atoms with E-state index in [4.69, 9.17) is 14.2 Å². The number of nitrogens with one attached hydrogen (secondary N) is 1. The van der Waals surface area contributed by atoms with Crippen molar-refractivity contribution in [3.8, 4) is 0 Å². The van der Waals surface area contributed by atoms with Crippen LogP contribution >= 0.6 is 0 Å². The van der Waals surface area contributed by atoms with Gasteiger partial charge in [-0.15, -0.1) is 0 Å². The first kappa shape index (κ1) is 12.3. The summed E-state index contributed by atoms with van der Waals surface area (Å²) in [6.07, 6.45) is 3.61. The fourth-order valence-corrected chi connectivity index (χ4v) is 2.24. The zero-order valence-corrected chi connectivity index (χ0v) is 10.1. The Kier molecular flexibility index (Phi) is 5.03. The Morgan fingerprint density at radius 1 is 1.19 bits per heavy atom. The van der Waals surface area contributed by atoms with Crippen LogP contribution in [0.5, 0.6) is 0 Å². The van der Waals surface area contributed by atoms with Crippen LogP contribution in [0.2, 0.25) is 0 Å². The van der Waals surface area contributed by atoms with E-state index < -0.39 is 0 Å². The molecule has 0 aliphatic carbocycles. The van der Waals surface area contributed by atoms with Crippen molar-refractivity contribution in [3.63, 3.8) is 0 Å². The molecule has 0 spiro atoms. The van der Waals surface area contributed by atoms with E-state index in [0.29, 0.717) is 18.2 Å². The van der Waals surface area contributed by atoms with Gasteiger partial charge in [0.2, 0.25) is 0 Å². The first-order chi connectivity index (χ1) is 7.84. The van der Waals surface area contributed by atoms with Gasteiger partial charge in [-0.2, -0.15) is 0 Å². The molecular weight excluding hydrogens is 206 g/mol. The van der Waals surface area contributed by atoms with Crippen molar-refractivity contribution in [1.82, 2.24) is 5.32 Å². The SMILES string of the molecule is CC(COC1CCOC1)NC1CCOCC1. The summed E-state index contributed by atoms with van der Waals surface area (Å²) in [7, 11) is 0. The lowest BCUT2D eigenvalue weighted by Crippen LogP contribution is -2.42. The van der Waals surface area contributed by atoms with Crippen molar-refractivity contribution in [2.45, 2.75) is 44.4 Å². The molecule has 1 N–H and O–H groups in total. The Morgan fingerprint density at radius 3 is 2.62 bits per heavy atom. The Bertz CT molecular complexity index is 189. The molecule has 2 rings (SSSR count). The zero-order valence-electron chi connectivity index (χ0n) is 10.1. The third kappa shape index (κ3) is 4.01. The molecule has 0 bridgehead atoms. The van der Waals surface area contributed by atoms with E-state index in [1.165, 1.54) is 0 Å². The maximum Gasteiger partial charge on any atom is 0.0831 e. The number of hydrogen-bond acceptors (Lipinski definition) is 4. The fourth-order valence-electron chi connectivity index (χ4n) is 2.24. The smallest absolute Gasteiger partial charge is 0.0831 e. The van der Waals surface area contributed by atoms with E-state index in [2.05, 4.69) is 12.2 Å². The summed E-state index contributed by atoms with van der Waals surface area (Å²) < 4.78 is 16.4. The lowest BCUT2D eigenvalue weighted by Gasteiger charge is -2.27. The Labute approximate surface area is 97.6 Å². The summed E-state index contributed by atoms with van der Waals surface area (Å²) in [5.41, 5.74) is 0. The van der Waals surface area contributed by atoms with Crippen molar-refractivity contribution in [3.05, 3.63) is 0 Å². The minimum atomic E-state index is 0.318. The van der Waals surface area contributed by atoms with Gasteiger partial charge in [0.05, 0.1) is 19.3 Å². The fraction of sp³-hybridized carbons (Fsp3) is 1.00. The van der Waals surface area contributed by atoms with E-state index in [0.717, 1.165) is 52.3 Å². The molecule has 0 saturated carbocycles. The molecule has 0 aromatic heterocycles. The van der Waals surface area contributed by atoms with Gasteiger partial charge in [-0.3, -0.25) is 0 Å². The summed E-state index contributed by atoms with van der Waals surface area (Å²) in [6, 6.07) is 1.02. The topological polar surface area (TPSA) is 39.7 Å². The van der Waals surface area contributed by atoms with Crippen LogP contribution in [-0.4, -0.2) is 51.2 Å². The second-order valence-electron chi connectivity index (χ2n) is 4.77. The predicted molar refractivity (Wildman–Crippen MR) is 61.6 cm³/mol. The molecule has 0 radical (unpaired) electrons. The molecular formula is C12H23NO3. The van der Waals surface area contributed by atoms with Crippen LogP contribution in [0.25, 0.3) is 0 Å². The van der Waals surface area contributed by atoms with Gasteiger partial charge in [-0.05, 0) is 26.2 Å². The quantitative estimate of drug-likeness (QED) is 0.762. The lowest BCUT2D eigenvalue weighted by molar-refractivity contribution is 0.0247. The third-order valence-corrected chi connectivity index (χ3v) is 3.21. The maximum atomic E-state index is 5.79. The maximum absolute atomic E-state index is 5.79. The number of rotatable bonds is 5. The van der Waals surface area contributed by atoms with Crippen molar-refractivity contribution >= 4 is 0 Å². The summed E-state index contributed by atoms with van der Waals surface area (Å²) in [5.74, 6) is 0. The Morgan fingerprint density at radius 2 is 1.94 bits per heavy atom. The molecule has 2 aliphatic heterocycles. The molecule has 0 amide bonds. The van der Waals surface area contributed by atoms with E-state index in [-0.39, 0.29) is 0 Å². The van der Waals surface area contributed by atoms with E-state index in [1.54, 1.807) is 0 Å². The molecule has 16 heavy (non-hydrogen) atoms. The zero-order chi connectivity index (χ0) is 11.2. The largest absolute Gasteiger partial charge is 0.381 e. The van der Waals surface area contributed by atoms with Gasteiger partial charge in [0.25, 0.3) is 0 Å². The van der Waals surface area contributed by atoms with Crippen LogP contribution in [-0.2, 0) is 14.2 Å². The first-order valence-electron chi connectivity index (χ1n) is 6.38. The summed E-state index contributed by atoms with van der Waals surface area (Å²) in [4.78, 5) is 0. The van der Waals surface area contributed by atoms with Gasteiger partial charge < -0.3 is 19.5 Å². The molecule has 2 unspecified atom stereocenters. The average Bonchev–Trinajstić information content (AvgIpc) is 2.81. The van der Waals surface area contributed by atoms with Crippen molar-refractivity contribution < 1.29 is 14.2 Å². The highest BCUT2D eigenvalue weighted by atomic mass is 16.5. The predicted octanol–water partition coefficient (Wildman–Crippen LogP) is 0.949. The summed E-state index contributed by atoms with van der Waals surface area (Å²) in [6.45, 7) is 6.37.